The highest BCUT2D eigenvalue weighted by molar-refractivity contribution is 7.89. The van der Waals surface area contributed by atoms with Crippen molar-refractivity contribution in [1.82, 2.24) is 9.62 Å². The van der Waals surface area contributed by atoms with E-state index in [9.17, 15) is 18.0 Å². The number of amides is 2. The molecule has 1 atom stereocenters. The van der Waals surface area contributed by atoms with Gasteiger partial charge in [-0.1, -0.05) is 12.1 Å². The van der Waals surface area contributed by atoms with Crippen molar-refractivity contribution in [3.05, 3.63) is 29.3 Å². The summed E-state index contributed by atoms with van der Waals surface area (Å²) in [5.74, 6) is -0.156. The summed E-state index contributed by atoms with van der Waals surface area (Å²) in [5.41, 5.74) is 2.00. The molecule has 2 aliphatic heterocycles. The number of aryl methyl sites for hydroxylation is 1. The number of likely N-dealkylation sites (N-methyl/N-ethyl adjacent to an activating group) is 1. The SMILES string of the molecule is CN1C(=O)C[C@H](NS(=O)(=O)CCc2ccc3c(c2)CCO3)C1=O. The molecule has 23 heavy (non-hydrogen) atoms. The molecule has 3 rings (SSSR count). The maximum Gasteiger partial charge on any atom is 0.247 e. The van der Waals surface area contributed by atoms with Gasteiger partial charge in [-0.2, -0.15) is 0 Å². The zero-order chi connectivity index (χ0) is 16.6. The molecular weight excluding hydrogens is 320 g/mol. The van der Waals surface area contributed by atoms with E-state index < -0.39 is 22.0 Å². The molecule has 0 bridgehead atoms. The van der Waals surface area contributed by atoms with Crippen molar-refractivity contribution in [2.45, 2.75) is 25.3 Å². The van der Waals surface area contributed by atoms with Gasteiger partial charge in [0.05, 0.1) is 18.8 Å². The summed E-state index contributed by atoms with van der Waals surface area (Å²) < 4.78 is 32.0. The molecule has 0 unspecified atom stereocenters. The predicted molar refractivity (Wildman–Crippen MR) is 82.4 cm³/mol. The summed E-state index contributed by atoms with van der Waals surface area (Å²) in [7, 11) is -2.29. The van der Waals surface area contributed by atoms with Crippen molar-refractivity contribution >= 4 is 21.8 Å². The third-order valence-electron chi connectivity index (χ3n) is 4.12. The number of fused-ring (bicyclic) bond motifs is 1. The fourth-order valence-electron chi connectivity index (χ4n) is 2.77. The van der Waals surface area contributed by atoms with E-state index in [0.717, 1.165) is 28.2 Å². The number of rotatable bonds is 5. The Labute approximate surface area is 134 Å². The highest BCUT2D eigenvalue weighted by atomic mass is 32.2. The van der Waals surface area contributed by atoms with Crippen molar-refractivity contribution in [3.63, 3.8) is 0 Å². The lowest BCUT2D eigenvalue weighted by atomic mass is 10.1. The van der Waals surface area contributed by atoms with Crippen LogP contribution in [0.5, 0.6) is 5.75 Å². The molecule has 0 aliphatic carbocycles. The van der Waals surface area contributed by atoms with Crippen LogP contribution in [-0.2, 0) is 32.5 Å². The molecule has 1 aromatic rings. The molecule has 2 amide bonds. The van der Waals surface area contributed by atoms with Gasteiger partial charge in [-0.15, -0.1) is 0 Å². The second-order valence-corrected chi connectivity index (χ2v) is 7.65. The number of carbonyl (C=O) groups excluding carboxylic acids is 2. The predicted octanol–water partition coefficient (Wildman–Crippen LogP) is -0.159. The van der Waals surface area contributed by atoms with E-state index in [2.05, 4.69) is 4.72 Å². The Morgan fingerprint density at radius 2 is 2.13 bits per heavy atom. The third-order valence-corrected chi connectivity index (χ3v) is 5.50. The molecular formula is C15H18N2O5S. The molecule has 2 heterocycles. The highest BCUT2D eigenvalue weighted by Gasteiger charge is 2.38. The maximum atomic E-state index is 12.1. The van der Waals surface area contributed by atoms with Gasteiger partial charge < -0.3 is 4.74 Å². The van der Waals surface area contributed by atoms with E-state index in [4.69, 9.17) is 4.74 Å². The van der Waals surface area contributed by atoms with Crippen molar-refractivity contribution < 1.29 is 22.7 Å². The Hall–Kier alpha value is -1.93. The fraction of sp³-hybridized carbons (Fsp3) is 0.467. The first-order valence-corrected chi connectivity index (χ1v) is 9.06. The van der Waals surface area contributed by atoms with E-state index in [1.54, 1.807) is 0 Å². The molecule has 124 valence electrons. The number of carbonyl (C=O) groups is 2. The first kappa shape index (κ1) is 15.9. The number of hydrogen-bond donors (Lipinski definition) is 1. The van der Waals surface area contributed by atoms with Gasteiger partial charge in [-0.25, -0.2) is 13.1 Å². The number of hydrogen-bond acceptors (Lipinski definition) is 5. The Morgan fingerprint density at radius 1 is 1.35 bits per heavy atom. The Morgan fingerprint density at radius 3 is 2.83 bits per heavy atom. The molecule has 0 spiro atoms. The van der Waals surface area contributed by atoms with Crippen LogP contribution < -0.4 is 9.46 Å². The minimum absolute atomic E-state index is 0.120. The molecule has 1 aromatic carbocycles. The quantitative estimate of drug-likeness (QED) is 0.753. The molecule has 1 N–H and O–H groups in total. The second kappa shape index (κ2) is 5.93. The van der Waals surface area contributed by atoms with Crippen LogP contribution >= 0.6 is 0 Å². The zero-order valence-corrected chi connectivity index (χ0v) is 13.6. The summed E-state index contributed by atoms with van der Waals surface area (Å²) >= 11 is 0. The minimum Gasteiger partial charge on any atom is -0.493 e. The number of imide groups is 1. The van der Waals surface area contributed by atoms with E-state index in [-0.39, 0.29) is 18.1 Å². The lowest BCUT2D eigenvalue weighted by Gasteiger charge is -2.12. The number of sulfonamides is 1. The second-order valence-electron chi connectivity index (χ2n) is 5.77. The first-order valence-electron chi connectivity index (χ1n) is 7.41. The summed E-state index contributed by atoms with van der Waals surface area (Å²) in [6.45, 7) is 0.657. The van der Waals surface area contributed by atoms with Gasteiger partial charge in [0.25, 0.3) is 0 Å². The standard InChI is InChI=1S/C15H18N2O5S/c1-17-14(18)9-12(15(17)19)16-23(20,21)7-5-10-2-3-13-11(8-10)4-6-22-13/h2-3,8,12,16H,4-7,9H2,1H3/t12-/m0/s1. The van der Waals surface area contributed by atoms with Gasteiger partial charge in [0.1, 0.15) is 11.8 Å². The third kappa shape index (κ3) is 3.37. The normalized spacial score (nSPS) is 20.7. The molecule has 1 fully saturated rings. The van der Waals surface area contributed by atoms with Crippen LogP contribution in [0.1, 0.15) is 17.5 Å². The van der Waals surface area contributed by atoms with E-state index in [0.29, 0.717) is 13.0 Å². The molecule has 7 nitrogen and oxygen atoms in total. The Bertz CT molecular complexity index is 759. The lowest BCUT2D eigenvalue weighted by Crippen LogP contribution is -2.41. The Balaban J connectivity index is 1.61. The number of likely N-dealkylation sites (tertiary alicyclic amines) is 1. The lowest BCUT2D eigenvalue weighted by molar-refractivity contribution is -0.137. The van der Waals surface area contributed by atoms with E-state index in [1.807, 2.05) is 18.2 Å². The monoisotopic (exact) mass is 338 g/mol. The average molecular weight is 338 g/mol. The molecule has 8 heteroatoms. The molecule has 2 aliphatic rings. The smallest absolute Gasteiger partial charge is 0.247 e. The summed E-state index contributed by atoms with van der Waals surface area (Å²) in [6.07, 6.45) is 1.05. The highest BCUT2D eigenvalue weighted by Crippen LogP contribution is 2.26. The molecule has 0 saturated carbocycles. The van der Waals surface area contributed by atoms with Crippen LogP contribution in [0.4, 0.5) is 0 Å². The summed E-state index contributed by atoms with van der Waals surface area (Å²) in [6, 6.07) is 4.67. The minimum atomic E-state index is -3.64. The van der Waals surface area contributed by atoms with Gasteiger partial charge in [-0.05, 0) is 23.6 Å². The largest absolute Gasteiger partial charge is 0.493 e. The van der Waals surface area contributed by atoms with Crippen LogP contribution in [0.3, 0.4) is 0 Å². The van der Waals surface area contributed by atoms with E-state index >= 15 is 0 Å². The van der Waals surface area contributed by atoms with Crippen LogP contribution in [0.25, 0.3) is 0 Å². The van der Waals surface area contributed by atoms with Gasteiger partial charge in [0, 0.05) is 13.5 Å². The average Bonchev–Trinajstić information content (AvgIpc) is 3.06. The number of nitrogens with zero attached hydrogens (tertiary/aromatic N) is 1. The Kier molecular flexibility index (Phi) is 4.11. The fourth-order valence-corrected chi connectivity index (χ4v) is 4.01. The summed E-state index contributed by atoms with van der Waals surface area (Å²) in [4.78, 5) is 24.1. The number of nitrogens with one attached hydrogen (secondary N) is 1. The van der Waals surface area contributed by atoms with Crippen molar-refractivity contribution in [2.75, 3.05) is 19.4 Å². The zero-order valence-electron chi connectivity index (χ0n) is 12.7. The first-order chi connectivity index (χ1) is 10.9. The van der Waals surface area contributed by atoms with E-state index in [1.165, 1.54) is 7.05 Å². The van der Waals surface area contributed by atoms with Crippen molar-refractivity contribution in [2.24, 2.45) is 0 Å². The summed E-state index contributed by atoms with van der Waals surface area (Å²) in [5, 5.41) is 0. The van der Waals surface area contributed by atoms with Crippen molar-refractivity contribution in [3.8, 4) is 5.75 Å². The van der Waals surface area contributed by atoms with Crippen LogP contribution in [-0.4, -0.2) is 50.6 Å². The molecule has 0 aromatic heterocycles. The van der Waals surface area contributed by atoms with Gasteiger partial charge in [0.2, 0.25) is 21.8 Å². The molecule has 1 saturated heterocycles. The van der Waals surface area contributed by atoms with Crippen molar-refractivity contribution in [1.29, 1.82) is 0 Å². The van der Waals surface area contributed by atoms with Gasteiger partial charge >= 0.3 is 0 Å². The number of ether oxygens (including phenoxy) is 1. The van der Waals surface area contributed by atoms with Crippen LogP contribution in [0.15, 0.2) is 18.2 Å². The topological polar surface area (TPSA) is 92.8 Å². The van der Waals surface area contributed by atoms with Gasteiger partial charge in [-0.3, -0.25) is 14.5 Å². The maximum absolute atomic E-state index is 12.1. The van der Waals surface area contributed by atoms with Crippen LogP contribution in [0, 0.1) is 0 Å². The number of benzene rings is 1. The van der Waals surface area contributed by atoms with Gasteiger partial charge in [0.15, 0.2) is 0 Å². The van der Waals surface area contributed by atoms with Crippen LogP contribution in [0.2, 0.25) is 0 Å². The molecule has 0 radical (unpaired) electrons.